The van der Waals surface area contributed by atoms with Gasteiger partial charge in [-0.15, -0.1) is 0 Å². The van der Waals surface area contributed by atoms with E-state index in [1.54, 1.807) is 0 Å². The average Bonchev–Trinajstić information content (AvgIpc) is 2.45. The van der Waals surface area contributed by atoms with Gasteiger partial charge in [-0.25, -0.2) is 0 Å². The van der Waals surface area contributed by atoms with E-state index in [9.17, 15) is 0 Å². The van der Waals surface area contributed by atoms with E-state index in [0.717, 1.165) is 12.3 Å². The second-order valence-corrected chi connectivity index (χ2v) is 3.70. The number of fused-ring (bicyclic) bond motifs is 2. The van der Waals surface area contributed by atoms with Crippen LogP contribution in [0, 0.1) is 17.2 Å². The van der Waals surface area contributed by atoms with Gasteiger partial charge in [0.15, 0.2) is 0 Å². The molecule has 2 saturated carbocycles. The van der Waals surface area contributed by atoms with Crippen LogP contribution >= 0.6 is 0 Å². The third kappa shape index (κ3) is 1.19. The largest absolute Gasteiger partial charge is 0.462 e. The molecule has 0 aromatic heterocycles. The van der Waals surface area contributed by atoms with Gasteiger partial charge in [-0.1, -0.05) is 0 Å². The molecule has 3 N–H and O–H groups in total. The molecular formula is C8H14N2O. The predicted octanol–water partition coefficient (Wildman–Crippen LogP) is 1.09. The summed E-state index contributed by atoms with van der Waals surface area (Å²) in [5.41, 5.74) is 5.17. The second kappa shape index (κ2) is 2.40. The predicted molar refractivity (Wildman–Crippen MR) is 42.2 cm³/mol. The van der Waals surface area contributed by atoms with E-state index in [4.69, 9.17) is 15.9 Å². The quantitative estimate of drug-likeness (QED) is 0.438. The highest BCUT2D eigenvalue weighted by Crippen LogP contribution is 2.45. The van der Waals surface area contributed by atoms with Crippen molar-refractivity contribution in [3.8, 4) is 0 Å². The second-order valence-electron chi connectivity index (χ2n) is 3.70. The van der Waals surface area contributed by atoms with Crippen molar-refractivity contribution in [2.45, 2.75) is 31.8 Å². The van der Waals surface area contributed by atoms with Gasteiger partial charge in [0, 0.05) is 0 Å². The lowest BCUT2D eigenvalue weighted by molar-refractivity contribution is 0.122. The number of nitrogens with one attached hydrogen (secondary N) is 1. The van der Waals surface area contributed by atoms with Crippen molar-refractivity contribution in [1.29, 1.82) is 5.41 Å². The highest BCUT2D eigenvalue weighted by atomic mass is 16.5. The number of rotatable bonds is 1. The Labute approximate surface area is 66.4 Å². The Hall–Kier alpha value is -0.730. The van der Waals surface area contributed by atoms with Crippen LogP contribution in [-0.4, -0.2) is 12.1 Å². The number of hydrogen-bond donors (Lipinski definition) is 2. The van der Waals surface area contributed by atoms with Crippen molar-refractivity contribution in [1.82, 2.24) is 0 Å². The summed E-state index contributed by atoms with van der Waals surface area (Å²) in [5, 5.41) is 6.99. The van der Waals surface area contributed by atoms with Gasteiger partial charge in [0.05, 0.1) is 0 Å². The van der Waals surface area contributed by atoms with Crippen LogP contribution < -0.4 is 5.73 Å². The summed E-state index contributed by atoms with van der Waals surface area (Å²) < 4.78 is 5.21. The molecule has 2 aliphatic carbocycles. The number of ether oxygens (including phenoxy) is 1. The first-order valence-electron chi connectivity index (χ1n) is 4.26. The summed E-state index contributed by atoms with van der Waals surface area (Å²) in [4.78, 5) is 0. The molecule has 0 spiro atoms. The van der Waals surface area contributed by atoms with Gasteiger partial charge in [0.25, 0.3) is 6.02 Å². The summed E-state index contributed by atoms with van der Waals surface area (Å²) in [6.07, 6.45) is 5.35. The monoisotopic (exact) mass is 154 g/mol. The highest BCUT2D eigenvalue weighted by Gasteiger charge is 2.41. The molecule has 11 heavy (non-hydrogen) atoms. The molecule has 3 atom stereocenters. The van der Waals surface area contributed by atoms with Gasteiger partial charge < -0.3 is 10.5 Å². The van der Waals surface area contributed by atoms with E-state index < -0.39 is 0 Å². The summed E-state index contributed by atoms with van der Waals surface area (Å²) in [6.45, 7) is 0. The van der Waals surface area contributed by atoms with Crippen molar-refractivity contribution >= 4 is 6.02 Å². The van der Waals surface area contributed by atoms with Gasteiger partial charge in [-0.2, -0.15) is 0 Å². The van der Waals surface area contributed by atoms with Gasteiger partial charge >= 0.3 is 0 Å². The minimum absolute atomic E-state index is 0.109. The zero-order valence-corrected chi connectivity index (χ0v) is 6.55. The fraction of sp³-hybridized carbons (Fsp3) is 0.875. The molecule has 62 valence electrons. The number of nitrogens with two attached hydrogens (primary N) is 1. The van der Waals surface area contributed by atoms with E-state index >= 15 is 0 Å². The lowest BCUT2D eigenvalue weighted by Gasteiger charge is -2.21. The van der Waals surface area contributed by atoms with E-state index in [1.165, 1.54) is 19.3 Å². The fourth-order valence-electron chi connectivity index (χ4n) is 2.49. The fourth-order valence-corrected chi connectivity index (χ4v) is 2.49. The maximum Gasteiger partial charge on any atom is 0.279 e. The molecule has 3 unspecified atom stereocenters. The Morgan fingerprint density at radius 2 is 2.18 bits per heavy atom. The van der Waals surface area contributed by atoms with Gasteiger partial charge in [0.1, 0.15) is 6.10 Å². The first-order valence-corrected chi connectivity index (χ1v) is 4.26. The van der Waals surface area contributed by atoms with Crippen LogP contribution in [0.1, 0.15) is 25.7 Å². The van der Waals surface area contributed by atoms with Crippen LogP contribution in [-0.2, 0) is 4.74 Å². The zero-order chi connectivity index (χ0) is 7.84. The van der Waals surface area contributed by atoms with E-state index in [-0.39, 0.29) is 12.1 Å². The van der Waals surface area contributed by atoms with Crippen molar-refractivity contribution < 1.29 is 4.74 Å². The molecule has 0 aromatic carbocycles. The van der Waals surface area contributed by atoms with Crippen LogP contribution in [0.25, 0.3) is 0 Å². The van der Waals surface area contributed by atoms with Crippen molar-refractivity contribution in [2.75, 3.05) is 0 Å². The molecule has 0 heterocycles. The van der Waals surface area contributed by atoms with Crippen molar-refractivity contribution in [3.05, 3.63) is 0 Å². The van der Waals surface area contributed by atoms with Crippen LogP contribution in [0.15, 0.2) is 0 Å². The maximum absolute atomic E-state index is 6.99. The summed E-state index contributed by atoms with van der Waals surface area (Å²) in [5.74, 6) is 1.56. The van der Waals surface area contributed by atoms with Crippen molar-refractivity contribution in [3.63, 3.8) is 0 Å². The Morgan fingerprint density at radius 3 is 2.64 bits per heavy atom. The van der Waals surface area contributed by atoms with Gasteiger partial charge in [-0.3, -0.25) is 5.41 Å². The first-order chi connectivity index (χ1) is 5.25. The molecule has 0 radical (unpaired) electrons. The summed E-state index contributed by atoms with van der Waals surface area (Å²) in [6, 6.07) is -0.109. The molecule has 0 saturated heterocycles. The third-order valence-electron chi connectivity index (χ3n) is 2.95. The Kier molecular flexibility index (Phi) is 1.51. The minimum Gasteiger partial charge on any atom is -0.462 e. The van der Waals surface area contributed by atoms with Crippen LogP contribution in [0.3, 0.4) is 0 Å². The topological polar surface area (TPSA) is 59.1 Å². The van der Waals surface area contributed by atoms with Gasteiger partial charge in [-0.05, 0) is 37.5 Å². The molecule has 0 amide bonds. The highest BCUT2D eigenvalue weighted by molar-refractivity contribution is 5.67. The third-order valence-corrected chi connectivity index (χ3v) is 2.95. The lowest BCUT2D eigenvalue weighted by atomic mass is 9.98. The standard InChI is InChI=1S/C8H14N2O/c9-8(10)11-7-4-5-1-2-6(7)3-5/h5-7H,1-4H2,(H3,9,10). The molecule has 3 nitrogen and oxygen atoms in total. The molecule has 0 aromatic rings. The van der Waals surface area contributed by atoms with E-state index in [0.29, 0.717) is 5.92 Å². The Balaban J connectivity index is 1.92. The van der Waals surface area contributed by atoms with Gasteiger partial charge in [0.2, 0.25) is 0 Å². The summed E-state index contributed by atoms with van der Waals surface area (Å²) in [7, 11) is 0. The molecule has 0 aliphatic heterocycles. The molecular weight excluding hydrogens is 140 g/mol. The molecule has 3 heteroatoms. The van der Waals surface area contributed by atoms with E-state index in [1.807, 2.05) is 0 Å². The number of hydrogen-bond acceptors (Lipinski definition) is 2. The smallest absolute Gasteiger partial charge is 0.279 e. The van der Waals surface area contributed by atoms with Crippen LogP contribution in [0.2, 0.25) is 0 Å². The molecule has 2 rings (SSSR count). The van der Waals surface area contributed by atoms with Crippen LogP contribution in [0.4, 0.5) is 0 Å². The normalized spacial score (nSPS) is 40.9. The number of amidine groups is 1. The Bertz CT molecular complexity index is 181. The first kappa shape index (κ1) is 6.95. The Morgan fingerprint density at radius 1 is 1.36 bits per heavy atom. The minimum atomic E-state index is -0.109. The zero-order valence-electron chi connectivity index (χ0n) is 6.55. The maximum atomic E-state index is 6.99. The molecule has 2 aliphatic rings. The van der Waals surface area contributed by atoms with Crippen LogP contribution in [0.5, 0.6) is 0 Å². The summed E-state index contributed by atoms with van der Waals surface area (Å²) >= 11 is 0. The van der Waals surface area contributed by atoms with Crippen molar-refractivity contribution in [2.24, 2.45) is 17.6 Å². The SMILES string of the molecule is N=C(N)OC1CC2CCC1C2. The molecule has 2 fully saturated rings. The average molecular weight is 154 g/mol. The molecule has 2 bridgehead atoms. The van der Waals surface area contributed by atoms with E-state index in [2.05, 4.69) is 0 Å². The lowest BCUT2D eigenvalue weighted by Crippen LogP contribution is -2.27.